The van der Waals surface area contributed by atoms with Crippen molar-refractivity contribution < 1.29 is 31.5 Å². The van der Waals surface area contributed by atoms with Gasteiger partial charge in [0.2, 0.25) is 0 Å². The monoisotopic (exact) mass is 421 g/mol. The number of nitrogens with one attached hydrogen (secondary N) is 1. The highest BCUT2D eigenvalue weighted by Gasteiger charge is 2.42. The van der Waals surface area contributed by atoms with Crippen molar-refractivity contribution in [1.82, 2.24) is 0 Å². The lowest BCUT2D eigenvalue weighted by atomic mass is 9.90. The molecule has 0 radical (unpaired) electrons. The van der Waals surface area contributed by atoms with Crippen molar-refractivity contribution in [3.05, 3.63) is 58.6 Å². The molecule has 2 aromatic carbocycles. The Hall–Kier alpha value is -2.10. The van der Waals surface area contributed by atoms with Gasteiger partial charge in [0.05, 0.1) is 15.5 Å². The third-order valence-corrected chi connectivity index (χ3v) is 5.37. The highest BCUT2D eigenvalue weighted by molar-refractivity contribution is 7.90. The van der Waals surface area contributed by atoms with E-state index in [0.29, 0.717) is 0 Å². The number of carbonyl (C=O) groups excluding carboxylic acids is 1. The summed E-state index contributed by atoms with van der Waals surface area (Å²) in [6, 6.07) is 7.68. The van der Waals surface area contributed by atoms with Crippen LogP contribution >= 0.6 is 11.6 Å². The van der Waals surface area contributed by atoms with Crippen LogP contribution in [0.5, 0.6) is 0 Å². The smallest absolute Gasteiger partial charge is 0.375 e. The third-order valence-electron chi connectivity index (χ3n) is 3.79. The molecule has 2 rings (SSSR count). The zero-order valence-corrected chi connectivity index (χ0v) is 15.7. The van der Waals surface area contributed by atoms with Gasteiger partial charge in [-0.15, -0.1) is 0 Å². The Bertz CT molecular complexity index is 988. The summed E-state index contributed by atoms with van der Waals surface area (Å²) in [7, 11) is -3.70. The van der Waals surface area contributed by atoms with E-state index in [9.17, 15) is 31.5 Å². The Labute approximate surface area is 158 Å². The SMILES string of the molecule is CC(O)(C(=O)Nc1ccc(Cl)c(S(C)(=O)=O)c1)c1ccccc1C(F)(F)F. The zero-order valence-electron chi connectivity index (χ0n) is 14.1. The van der Waals surface area contributed by atoms with Gasteiger partial charge < -0.3 is 10.4 Å². The second-order valence-electron chi connectivity index (χ2n) is 5.99. The number of halogens is 4. The van der Waals surface area contributed by atoms with Crippen molar-refractivity contribution in [1.29, 1.82) is 0 Å². The van der Waals surface area contributed by atoms with Crippen LogP contribution in [0.1, 0.15) is 18.1 Å². The maximum Gasteiger partial charge on any atom is 0.416 e. The number of hydrogen-bond donors (Lipinski definition) is 2. The fourth-order valence-electron chi connectivity index (χ4n) is 2.40. The molecule has 0 heterocycles. The summed E-state index contributed by atoms with van der Waals surface area (Å²) in [6.45, 7) is 0.917. The molecule has 2 N–H and O–H groups in total. The fourth-order valence-corrected chi connectivity index (χ4v) is 3.70. The number of aliphatic hydroxyl groups is 1. The van der Waals surface area contributed by atoms with Gasteiger partial charge in [0.25, 0.3) is 5.91 Å². The van der Waals surface area contributed by atoms with Crippen LogP contribution in [0.2, 0.25) is 5.02 Å². The van der Waals surface area contributed by atoms with Crippen LogP contribution in [-0.4, -0.2) is 25.7 Å². The number of rotatable bonds is 4. The molecule has 0 bridgehead atoms. The molecule has 0 fully saturated rings. The molecule has 27 heavy (non-hydrogen) atoms. The predicted octanol–water partition coefficient (Wildman–Crippen LogP) is 3.61. The lowest BCUT2D eigenvalue weighted by molar-refractivity contribution is -0.143. The topological polar surface area (TPSA) is 83.5 Å². The largest absolute Gasteiger partial charge is 0.416 e. The van der Waals surface area contributed by atoms with Gasteiger partial charge in [-0.3, -0.25) is 4.79 Å². The fraction of sp³-hybridized carbons (Fsp3) is 0.235. The first kappa shape index (κ1) is 21.2. The standard InChI is InChI=1S/C17H15ClF3NO4S/c1-16(24,11-5-3-4-6-12(11)17(19,20)21)15(23)22-10-7-8-13(18)14(9-10)27(2,25)26/h3-9,24H,1-2H3,(H,22,23). The van der Waals surface area contributed by atoms with E-state index < -0.39 is 38.6 Å². The van der Waals surface area contributed by atoms with Crippen LogP contribution in [0.25, 0.3) is 0 Å². The number of alkyl halides is 3. The number of sulfone groups is 1. The number of carbonyl (C=O) groups is 1. The maximum atomic E-state index is 13.2. The summed E-state index contributed by atoms with van der Waals surface area (Å²) in [5.41, 5.74) is -4.36. The van der Waals surface area contributed by atoms with E-state index >= 15 is 0 Å². The summed E-state index contributed by atoms with van der Waals surface area (Å²) in [5, 5.41) is 12.6. The molecular weight excluding hydrogens is 407 g/mol. The van der Waals surface area contributed by atoms with Gasteiger partial charge in [-0.05, 0) is 31.2 Å². The highest BCUT2D eigenvalue weighted by atomic mass is 35.5. The average molecular weight is 422 g/mol. The minimum Gasteiger partial charge on any atom is -0.375 e. The normalized spacial score (nSPS) is 14.5. The first-order valence-electron chi connectivity index (χ1n) is 7.44. The molecule has 10 heteroatoms. The lowest BCUT2D eigenvalue weighted by Gasteiger charge is -2.26. The van der Waals surface area contributed by atoms with E-state index in [0.717, 1.165) is 37.4 Å². The molecule has 0 aliphatic rings. The Morgan fingerprint density at radius 2 is 1.67 bits per heavy atom. The quantitative estimate of drug-likeness (QED) is 0.790. The minimum absolute atomic E-state index is 0.0467. The van der Waals surface area contributed by atoms with Crippen LogP contribution in [0.3, 0.4) is 0 Å². The Morgan fingerprint density at radius 1 is 1.11 bits per heavy atom. The van der Waals surface area contributed by atoms with Crippen molar-refractivity contribution in [3.8, 4) is 0 Å². The van der Waals surface area contributed by atoms with Crippen LogP contribution in [0.15, 0.2) is 47.4 Å². The van der Waals surface area contributed by atoms with Crippen molar-refractivity contribution in [2.75, 3.05) is 11.6 Å². The molecule has 146 valence electrons. The number of amides is 1. The molecule has 0 spiro atoms. The maximum absolute atomic E-state index is 13.2. The molecule has 5 nitrogen and oxygen atoms in total. The molecule has 1 unspecified atom stereocenters. The summed E-state index contributed by atoms with van der Waals surface area (Å²) < 4.78 is 62.9. The summed E-state index contributed by atoms with van der Waals surface area (Å²) >= 11 is 5.81. The number of hydrogen-bond acceptors (Lipinski definition) is 4. The molecule has 0 saturated heterocycles. The van der Waals surface area contributed by atoms with Crippen LogP contribution < -0.4 is 5.32 Å². The van der Waals surface area contributed by atoms with Gasteiger partial charge in [0, 0.05) is 17.5 Å². The second-order valence-corrected chi connectivity index (χ2v) is 8.38. The van der Waals surface area contributed by atoms with Crippen LogP contribution in [0.4, 0.5) is 18.9 Å². The molecule has 1 atom stereocenters. The molecule has 0 aliphatic carbocycles. The average Bonchev–Trinajstić information content (AvgIpc) is 2.54. The van der Waals surface area contributed by atoms with E-state index in [1.54, 1.807) is 0 Å². The van der Waals surface area contributed by atoms with Gasteiger partial charge in [-0.25, -0.2) is 8.42 Å². The van der Waals surface area contributed by atoms with Gasteiger partial charge in [-0.1, -0.05) is 29.8 Å². The summed E-state index contributed by atoms with van der Waals surface area (Å²) in [5.74, 6) is -1.17. The minimum atomic E-state index is -4.77. The predicted molar refractivity (Wildman–Crippen MR) is 94.2 cm³/mol. The third kappa shape index (κ3) is 4.60. The Kier molecular flexibility index (Phi) is 5.61. The first-order valence-corrected chi connectivity index (χ1v) is 9.71. The van der Waals surface area contributed by atoms with E-state index in [1.807, 2.05) is 0 Å². The van der Waals surface area contributed by atoms with Crippen molar-refractivity contribution >= 4 is 33.0 Å². The van der Waals surface area contributed by atoms with Gasteiger partial charge in [0.15, 0.2) is 15.4 Å². The van der Waals surface area contributed by atoms with E-state index in [-0.39, 0.29) is 15.6 Å². The molecule has 1 amide bonds. The van der Waals surface area contributed by atoms with E-state index in [2.05, 4.69) is 5.32 Å². The van der Waals surface area contributed by atoms with Gasteiger partial charge in [0.1, 0.15) is 0 Å². The molecule has 0 saturated carbocycles. The van der Waals surface area contributed by atoms with Crippen molar-refractivity contribution in [2.24, 2.45) is 0 Å². The van der Waals surface area contributed by atoms with E-state index in [4.69, 9.17) is 11.6 Å². The highest BCUT2D eigenvalue weighted by Crippen LogP contribution is 2.37. The van der Waals surface area contributed by atoms with Gasteiger partial charge in [-0.2, -0.15) is 13.2 Å². The first-order chi connectivity index (χ1) is 12.2. The van der Waals surface area contributed by atoms with Crippen LogP contribution in [-0.2, 0) is 26.4 Å². The van der Waals surface area contributed by atoms with Crippen molar-refractivity contribution in [2.45, 2.75) is 23.6 Å². The molecule has 0 aliphatic heterocycles. The lowest BCUT2D eigenvalue weighted by Crippen LogP contribution is -2.39. The van der Waals surface area contributed by atoms with Crippen LogP contribution in [0, 0.1) is 0 Å². The van der Waals surface area contributed by atoms with E-state index in [1.165, 1.54) is 18.2 Å². The molecule has 2 aromatic rings. The number of anilines is 1. The molecular formula is C17H15ClF3NO4S. The summed E-state index contributed by atoms with van der Waals surface area (Å²) in [6.07, 6.45) is -3.86. The molecule has 0 aromatic heterocycles. The second kappa shape index (κ2) is 7.14. The number of benzene rings is 2. The van der Waals surface area contributed by atoms with Gasteiger partial charge >= 0.3 is 6.18 Å². The van der Waals surface area contributed by atoms with Crippen molar-refractivity contribution in [3.63, 3.8) is 0 Å². The zero-order chi connectivity index (χ0) is 20.6. The Morgan fingerprint density at radius 3 is 2.19 bits per heavy atom. The Balaban J connectivity index is 2.42. The summed E-state index contributed by atoms with van der Waals surface area (Å²) in [4.78, 5) is 12.2.